The number of nitrogens with zero attached hydrogens (tertiary/aromatic N) is 1. The van der Waals surface area contributed by atoms with Crippen molar-refractivity contribution in [3.63, 3.8) is 0 Å². The summed E-state index contributed by atoms with van der Waals surface area (Å²) < 4.78 is 5.43. The second kappa shape index (κ2) is 5.92. The van der Waals surface area contributed by atoms with E-state index in [0.717, 1.165) is 24.0 Å². The molecule has 0 atom stereocenters. The molecule has 4 nitrogen and oxygen atoms in total. The van der Waals surface area contributed by atoms with Gasteiger partial charge in [-0.3, -0.25) is 0 Å². The van der Waals surface area contributed by atoms with E-state index < -0.39 is 0 Å². The summed E-state index contributed by atoms with van der Waals surface area (Å²) in [5.41, 5.74) is 1.05. The number of hydrogen-bond acceptors (Lipinski definition) is 3. The summed E-state index contributed by atoms with van der Waals surface area (Å²) in [4.78, 5) is 13.7. The molecule has 0 saturated carbocycles. The van der Waals surface area contributed by atoms with Gasteiger partial charge in [-0.2, -0.15) is 0 Å². The minimum absolute atomic E-state index is 0.223. The van der Waals surface area contributed by atoms with Gasteiger partial charge in [-0.1, -0.05) is 42.5 Å². The molecular weight excluding hydrogens is 252 g/mol. The van der Waals surface area contributed by atoms with Crippen molar-refractivity contribution in [1.29, 1.82) is 0 Å². The highest BCUT2D eigenvalue weighted by atomic mass is 16.6. The van der Waals surface area contributed by atoms with Crippen molar-refractivity contribution < 1.29 is 9.53 Å². The highest BCUT2D eigenvalue weighted by Crippen LogP contribution is 2.19. The average Bonchev–Trinajstić information content (AvgIpc) is 2.53. The lowest BCUT2D eigenvalue weighted by molar-refractivity contribution is 0.0922. The molecular formula is C16H18N2O2. The molecule has 20 heavy (non-hydrogen) atoms. The Balaban J connectivity index is 1.69. The Bertz CT molecular complexity index is 601. The van der Waals surface area contributed by atoms with Crippen molar-refractivity contribution in [2.45, 2.75) is 6.61 Å². The van der Waals surface area contributed by atoms with Crippen molar-refractivity contribution in [3.05, 3.63) is 48.0 Å². The van der Waals surface area contributed by atoms with Crippen LogP contribution in [-0.2, 0) is 11.3 Å². The normalized spacial score (nSPS) is 15.3. The quantitative estimate of drug-likeness (QED) is 0.911. The Hall–Kier alpha value is -2.07. The third-order valence-corrected chi connectivity index (χ3v) is 3.61. The van der Waals surface area contributed by atoms with Gasteiger partial charge in [0.1, 0.15) is 6.61 Å². The summed E-state index contributed by atoms with van der Waals surface area (Å²) in [6.07, 6.45) is -0.223. The largest absolute Gasteiger partial charge is 0.445 e. The number of hydrogen-bond donors (Lipinski definition) is 1. The molecule has 1 fully saturated rings. The van der Waals surface area contributed by atoms with Crippen molar-refractivity contribution in [1.82, 2.24) is 10.2 Å². The van der Waals surface area contributed by atoms with E-state index in [1.807, 2.05) is 24.3 Å². The van der Waals surface area contributed by atoms with Gasteiger partial charge in [0.05, 0.1) is 0 Å². The number of amides is 1. The standard InChI is InChI=1S/C16H18N2O2/c19-16(18-10-8-17-9-11-18)20-12-14-6-3-5-13-4-1-2-7-15(13)14/h1-7,17H,8-12H2. The molecule has 0 unspecified atom stereocenters. The second-order valence-corrected chi connectivity index (χ2v) is 4.93. The van der Waals surface area contributed by atoms with E-state index in [1.54, 1.807) is 4.90 Å². The fourth-order valence-corrected chi connectivity index (χ4v) is 2.50. The van der Waals surface area contributed by atoms with E-state index in [1.165, 1.54) is 5.39 Å². The lowest BCUT2D eigenvalue weighted by atomic mass is 10.1. The number of piperazine rings is 1. The minimum atomic E-state index is -0.223. The monoisotopic (exact) mass is 270 g/mol. The maximum absolute atomic E-state index is 12.0. The van der Waals surface area contributed by atoms with Gasteiger partial charge >= 0.3 is 6.09 Å². The second-order valence-electron chi connectivity index (χ2n) is 4.93. The van der Waals surface area contributed by atoms with Crippen LogP contribution >= 0.6 is 0 Å². The van der Waals surface area contributed by atoms with Crippen LogP contribution in [0.1, 0.15) is 5.56 Å². The molecule has 0 aliphatic carbocycles. The SMILES string of the molecule is O=C(OCc1cccc2ccccc12)N1CCNCC1. The van der Waals surface area contributed by atoms with Gasteiger partial charge in [0.25, 0.3) is 0 Å². The van der Waals surface area contributed by atoms with Gasteiger partial charge in [0.2, 0.25) is 0 Å². The van der Waals surface area contributed by atoms with Crippen LogP contribution in [0.3, 0.4) is 0 Å². The molecule has 3 rings (SSSR count). The highest BCUT2D eigenvalue weighted by molar-refractivity contribution is 5.85. The fraction of sp³-hybridized carbons (Fsp3) is 0.312. The topological polar surface area (TPSA) is 41.6 Å². The summed E-state index contributed by atoms with van der Waals surface area (Å²) in [6, 6.07) is 14.2. The highest BCUT2D eigenvalue weighted by Gasteiger charge is 2.17. The molecule has 1 aliphatic rings. The van der Waals surface area contributed by atoms with E-state index in [9.17, 15) is 4.79 Å². The van der Waals surface area contributed by atoms with Gasteiger partial charge in [0, 0.05) is 26.2 Å². The van der Waals surface area contributed by atoms with E-state index >= 15 is 0 Å². The Labute approximate surface area is 118 Å². The van der Waals surface area contributed by atoms with Crippen molar-refractivity contribution in [3.8, 4) is 0 Å². The fourth-order valence-electron chi connectivity index (χ4n) is 2.50. The predicted molar refractivity (Wildman–Crippen MR) is 78.6 cm³/mol. The van der Waals surface area contributed by atoms with Gasteiger partial charge in [-0.15, -0.1) is 0 Å². The van der Waals surface area contributed by atoms with Crippen LogP contribution in [-0.4, -0.2) is 37.2 Å². The van der Waals surface area contributed by atoms with Crippen LogP contribution in [0, 0.1) is 0 Å². The van der Waals surface area contributed by atoms with Crippen LogP contribution in [0.15, 0.2) is 42.5 Å². The number of ether oxygens (including phenoxy) is 1. The minimum Gasteiger partial charge on any atom is -0.445 e. The molecule has 0 radical (unpaired) electrons. The molecule has 1 aliphatic heterocycles. The van der Waals surface area contributed by atoms with E-state index in [0.29, 0.717) is 19.7 Å². The number of carbonyl (C=O) groups is 1. The molecule has 0 aromatic heterocycles. The van der Waals surface area contributed by atoms with E-state index in [4.69, 9.17) is 4.74 Å². The molecule has 0 spiro atoms. The summed E-state index contributed by atoms with van der Waals surface area (Å²) >= 11 is 0. The zero-order valence-electron chi connectivity index (χ0n) is 11.3. The molecule has 2 aromatic rings. The summed E-state index contributed by atoms with van der Waals surface area (Å²) in [7, 11) is 0. The average molecular weight is 270 g/mol. The smallest absolute Gasteiger partial charge is 0.410 e. The number of nitrogens with one attached hydrogen (secondary N) is 1. The first-order chi connectivity index (χ1) is 9.84. The van der Waals surface area contributed by atoms with Crippen molar-refractivity contribution in [2.24, 2.45) is 0 Å². The van der Waals surface area contributed by atoms with E-state index in [2.05, 4.69) is 23.5 Å². The molecule has 104 valence electrons. The van der Waals surface area contributed by atoms with Gasteiger partial charge < -0.3 is 15.0 Å². The third-order valence-electron chi connectivity index (χ3n) is 3.61. The first-order valence-electron chi connectivity index (χ1n) is 6.94. The Kier molecular flexibility index (Phi) is 3.83. The predicted octanol–water partition coefficient (Wildman–Crippen LogP) is 2.38. The van der Waals surface area contributed by atoms with Gasteiger partial charge in [0.15, 0.2) is 0 Å². The Morgan fingerprint density at radius 1 is 1.10 bits per heavy atom. The maximum atomic E-state index is 12.0. The van der Waals surface area contributed by atoms with Crippen LogP contribution in [0.2, 0.25) is 0 Å². The van der Waals surface area contributed by atoms with Crippen LogP contribution in [0.5, 0.6) is 0 Å². The zero-order valence-corrected chi connectivity index (χ0v) is 11.3. The van der Waals surface area contributed by atoms with Crippen LogP contribution < -0.4 is 5.32 Å². The molecule has 1 N–H and O–H groups in total. The maximum Gasteiger partial charge on any atom is 0.410 e. The van der Waals surface area contributed by atoms with E-state index in [-0.39, 0.29) is 6.09 Å². The molecule has 1 saturated heterocycles. The zero-order chi connectivity index (χ0) is 13.8. The van der Waals surface area contributed by atoms with Crippen LogP contribution in [0.25, 0.3) is 10.8 Å². The summed E-state index contributed by atoms with van der Waals surface area (Å²) in [6.45, 7) is 3.43. The van der Waals surface area contributed by atoms with Gasteiger partial charge in [-0.25, -0.2) is 4.79 Å². The number of benzene rings is 2. The molecule has 4 heteroatoms. The number of carbonyl (C=O) groups excluding carboxylic acids is 1. The Morgan fingerprint density at radius 3 is 2.70 bits per heavy atom. The molecule has 0 bridgehead atoms. The third kappa shape index (κ3) is 2.75. The van der Waals surface area contributed by atoms with Crippen molar-refractivity contribution in [2.75, 3.05) is 26.2 Å². The Morgan fingerprint density at radius 2 is 1.85 bits per heavy atom. The molecule has 2 aromatic carbocycles. The first-order valence-corrected chi connectivity index (χ1v) is 6.94. The first kappa shape index (κ1) is 12.9. The molecule has 1 heterocycles. The summed E-state index contributed by atoms with van der Waals surface area (Å²) in [5.74, 6) is 0. The van der Waals surface area contributed by atoms with Crippen molar-refractivity contribution >= 4 is 16.9 Å². The van der Waals surface area contributed by atoms with Gasteiger partial charge in [-0.05, 0) is 16.3 Å². The lowest BCUT2D eigenvalue weighted by Crippen LogP contribution is -2.46. The summed E-state index contributed by atoms with van der Waals surface area (Å²) in [5, 5.41) is 5.53. The number of rotatable bonds is 2. The number of fused-ring (bicyclic) bond motifs is 1. The lowest BCUT2D eigenvalue weighted by Gasteiger charge is -2.26. The van der Waals surface area contributed by atoms with Crippen LogP contribution in [0.4, 0.5) is 4.79 Å². The molecule has 1 amide bonds.